The lowest BCUT2D eigenvalue weighted by molar-refractivity contribution is 0.671. The number of hydrogen-bond donors (Lipinski definition) is 0. The van der Waals surface area contributed by atoms with Gasteiger partial charge in [0.25, 0.3) is 0 Å². The summed E-state index contributed by atoms with van der Waals surface area (Å²) in [6.45, 7) is 7.15. The molecule has 0 atom stereocenters. The summed E-state index contributed by atoms with van der Waals surface area (Å²) < 4.78 is 6.80. The number of para-hydroxylation sites is 3. The zero-order chi connectivity index (χ0) is 25.1. The van der Waals surface area contributed by atoms with Gasteiger partial charge >= 0.3 is 0 Å². The van der Waals surface area contributed by atoms with Crippen LogP contribution in [0, 0.1) is 0 Å². The van der Waals surface area contributed by atoms with Gasteiger partial charge in [0.05, 0.1) is 25.1 Å². The largest absolute Gasteiger partial charge is 0.454 e. The Morgan fingerprint density at radius 2 is 1.24 bits per heavy atom. The van der Waals surface area contributed by atoms with Gasteiger partial charge in [-0.1, -0.05) is 110 Å². The first-order valence-corrected chi connectivity index (χ1v) is 17.0. The molecule has 2 nitrogen and oxygen atoms in total. The minimum atomic E-state index is -1.58. The van der Waals surface area contributed by atoms with E-state index in [1.165, 1.54) is 48.3 Å². The molecule has 2 heterocycles. The minimum Gasteiger partial charge on any atom is -0.454 e. The highest BCUT2D eigenvalue weighted by atomic mass is 32.2. The Hall–Kier alpha value is -3.73. The molecule has 0 saturated heterocycles. The van der Waals surface area contributed by atoms with Gasteiger partial charge in [-0.15, -0.1) is 0 Å². The number of anilines is 3. The summed E-state index contributed by atoms with van der Waals surface area (Å²) in [6, 6.07) is 39.3. The molecule has 4 heteroatoms. The summed E-state index contributed by atoms with van der Waals surface area (Å²) in [5, 5.41) is 3.75. The van der Waals surface area contributed by atoms with E-state index in [2.05, 4.69) is 134 Å². The van der Waals surface area contributed by atoms with Crippen molar-refractivity contribution in [2.24, 2.45) is 0 Å². The Bertz CT molecular complexity index is 1800. The van der Waals surface area contributed by atoms with Gasteiger partial charge in [-0.25, -0.2) is 0 Å². The second kappa shape index (κ2) is 8.40. The average Bonchev–Trinajstić information content (AvgIpc) is 3.30. The van der Waals surface area contributed by atoms with Crippen LogP contribution in [0.15, 0.2) is 123 Å². The van der Waals surface area contributed by atoms with Gasteiger partial charge in [-0.2, -0.15) is 0 Å². The van der Waals surface area contributed by atoms with Crippen LogP contribution in [0.25, 0.3) is 33.1 Å². The molecule has 0 radical (unpaired) electrons. The molecule has 1 aliphatic rings. The molecule has 0 saturated carbocycles. The van der Waals surface area contributed by atoms with Crippen LogP contribution in [0.4, 0.5) is 17.1 Å². The van der Waals surface area contributed by atoms with E-state index in [-0.39, 0.29) is 0 Å². The minimum absolute atomic E-state index is 0.947. The fourth-order valence-corrected chi connectivity index (χ4v) is 7.96. The maximum Gasteiger partial charge on any atom is 0.159 e. The smallest absolute Gasteiger partial charge is 0.159 e. The van der Waals surface area contributed by atoms with Crippen molar-refractivity contribution < 1.29 is 4.42 Å². The van der Waals surface area contributed by atoms with E-state index in [1.54, 1.807) is 0 Å². The van der Waals surface area contributed by atoms with E-state index in [9.17, 15) is 0 Å². The van der Waals surface area contributed by atoms with Gasteiger partial charge in [0, 0.05) is 20.6 Å². The van der Waals surface area contributed by atoms with Gasteiger partial charge in [-0.3, -0.25) is 0 Å². The third kappa shape index (κ3) is 3.63. The van der Waals surface area contributed by atoms with E-state index < -0.39 is 8.07 Å². The predicted octanol–water partition coefficient (Wildman–Crippen LogP) is 9.73. The van der Waals surface area contributed by atoms with Gasteiger partial charge in [0.15, 0.2) is 5.58 Å². The highest BCUT2D eigenvalue weighted by Crippen LogP contribution is 2.53. The third-order valence-electron chi connectivity index (χ3n) is 7.19. The molecule has 37 heavy (non-hydrogen) atoms. The standard InChI is InChI=1S/C33H27NOSSi/c1-37(2,3)31-18-10-14-25-24-13-9-16-28(32(24)35-33(25)31)34-26-15-7-8-17-29(26)36-30-21-23(19-20-27(30)34)22-11-5-4-6-12-22/h4-21H,1-3H3. The van der Waals surface area contributed by atoms with Crippen LogP contribution >= 0.6 is 11.8 Å². The Morgan fingerprint density at radius 1 is 0.568 bits per heavy atom. The highest BCUT2D eigenvalue weighted by molar-refractivity contribution is 7.99. The second-order valence-electron chi connectivity index (χ2n) is 10.6. The molecule has 5 aromatic carbocycles. The van der Waals surface area contributed by atoms with Crippen molar-refractivity contribution in [3.63, 3.8) is 0 Å². The normalized spacial score (nSPS) is 13.1. The molecule has 0 fully saturated rings. The maximum absolute atomic E-state index is 6.80. The number of hydrogen-bond acceptors (Lipinski definition) is 3. The summed E-state index contributed by atoms with van der Waals surface area (Å²) in [4.78, 5) is 4.88. The number of rotatable bonds is 3. The molecule has 0 spiro atoms. The molecule has 7 rings (SSSR count). The molecule has 0 aliphatic carbocycles. The summed E-state index contributed by atoms with van der Waals surface area (Å²) >= 11 is 1.84. The van der Waals surface area contributed by atoms with Crippen LogP contribution in [-0.4, -0.2) is 8.07 Å². The first-order chi connectivity index (χ1) is 18.0. The van der Waals surface area contributed by atoms with Crippen molar-refractivity contribution in [2.75, 3.05) is 4.90 Å². The third-order valence-corrected chi connectivity index (χ3v) is 10.3. The van der Waals surface area contributed by atoms with Crippen molar-refractivity contribution in [1.82, 2.24) is 0 Å². The molecular formula is C33H27NOSSi. The van der Waals surface area contributed by atoms with Crippen LogP contribution in [-0.2, 0) is 0 Å². The Morgan fingerprint density at radius 3 is 2.05 bits per heavy atom. The molecule has 180 valence electrons. The van der Waals surface area contributed by atoms with Crippen LogP contribution in [0.5, 0.6) is 0 Å². The number of furan rings is 1. The van der Waals surface area contributed by atoms with Crippen molar-refractivity contribution in [3.05, 3.63) is 109 Å². The number of benzene rings is 5. The molecule has 1 aromatic heterocycles. The predicted molar refractivity (Wildman–Crippen MR) is 161 cm³/mol. The molecule has 0 amide bonds. The summed E-state index contributed by atoms with van der Waals surface area (Å²) in [7, 11) is -1.58. The van der Waals surface area contributed by atoms with E-state index in [0.29, 0.717) is 0 Å². The van der Waals surface area contributed by atoms with Crippen molar-refractivity contribution in [2.45, 2.75) is 29.4 Å². The first-order valence-electron chi connectivity index (χ1n) is 12.7. The van der Waals surface area contributed by atoms with Crippen LogP contribution in [0.1, 0.15) is 0 Å². The van der Waals surface area contributed by atoms with Crippen LogP contribution in [0.2, 0.25) is 19.6 Å². The van der Waals surface area contributed by atoms with Gasteiger partial charge in [0.1, 0.15) is 5.58 Å². The molecule has 0 unspecified atom stereocenters. The lowest BCUT2D eigenvalue weighted by Gasteiger charge is -2.33. The monoisotopic (exact) mass is 513 g/mol. The Labute approximate surface area is 222 Å². The molecule has 6 aromatic rings. The summed E-state index contributed by atoms with van der Waals surface area (Å²) in [5.41, 5.74) is 7.90. The van der Waals surface area contributed by atoms with Gasteiger partial charge in [0.2, 0.25) is 0 Å². The second-order valence-corrected chi connectivity index (χ2v) is 16.8. The van der Waals surface area contributed by atoms with E-state index in [4.69, 9.17) is 4.42 Å². The van der Waals surface area contributed by atoms with Crippen LogP contribution in [0.3, 0.4) is 0 Å². The Kier molecular flexibility index (Phi) is 5.10. The zero-order valence-corrected chi connectivity index (χ0v) is 23.0. The fourth-order valence-electron chi connectivity index (χ4n) is 5.40. The maximum atomic E-state index is 6.80. The Balaban J connectivity index is 1.48. The van der Waals surface area contributed by atoms with E-state index in [1.807, 2.05) is 11.8 Å². The molecule has 1 aliphatic heterocycles. The summed E-state index contributed by atoms with van der Waals surface area (Å²) in [6.07, 6.45) is 0. The summed E-state index contributed by atoms with van der Waals surface area (Å²) in [5.74, 6) is 0. The zero-order valence-electron chi connectivity index (χ0n) is 21.2. The first kappa shape index (κ1) is 22.5. The molecule has 0 N–H and O–H groups in total. The van der Waals surface area contributed by atoms with Crippen molar-refractivity contribution in [3.8, 4) is 11.1 Å². The number of nitrogens with zero attached hydrogens (tertiary/aromatic N) is 1. The van der Waals surface area contributed by atoms with Crippen LogP contribution < -0.4 is 10.1 Å². The van der Waals surface area contributed by atoms with E-state index >= 15 is 0 Å². The highest BCUT2D eigenvalue weighted by Gasteiger charge is 2.29. The van der Waals surface area contributed by atoms with E-state index in [0.717, 1.165) is 16.9 Å². The van der Waals surface area contributed by atoms with Gasteiger partial charge < -0.3 is 9.32 Å². The fraction of sp³-hybridized carbons (Fsp3) is 0.0909. The lowest BCUT2D eigenvalue weighted by Crippen LogP contribution is -2.37. The lowest BCUT2D eigenvalue weighted by atomic mass is 10.0. The average molecular weight is 514 g/mol. The quantitative estimate of drug-likeness (QED) is 0.219. The molecule has 0 bridgehead atoms. The molecular weight excluding hydrogens is 487 g/mol. The SMILES string of the molecule is C[Si](C)(C)c1cccc2c1oc1c(N3c4ccccc4Sc4cc(-c5ccccc5)ccc43)cccc12. The topological polar surface area (TPSA) is 16.4 Å². The van der Waals surface area contributed by atoms with Gasteiger partial charge in [-0.05, 0) is 46.6 Å². The number of fused-ring (bicyclic) bond motifs is 5. The van der Waals surface area contributed by atoms with Crippen molar-refractivity contribution >= 4 is 64.0 Å². The van der Waals surface area contributed by atoms with Crippen molar-refractivity contribution in [1.29, 1.82) is 0 Å².